The summed E-state index contributed by atoms with van der Waals surface area (Å²) in [5.41, 5.74) is 3.03. The highest BCUT2D eigenvalue weighted by atomic mass is 19.1. The fourth-order valence-electron chi connectivity index (χ4n) is 3.53. The molecule has 1 fully saturated rings. The molecule has 1 aliphatic rings. The average molecular weight is 385 g/mol. The number of aryl methyl sites for hydroxylation is 1. The molecule has 1 atom stereocenters. The Morgan fingerprint density at radius 1 is 1.14 bits per heavy atom. The first-order chi connectivity index (χ1) is 13.5. The normalized spacial score (nSPS) is 16.6. The van der Waals surface area contributed by atoms with Crippen LogP contribution in [0.2, 0.25) is 0 Å². The fraction of sp³-hybridized carbons (Fsp3) is 0.409. The molecule has 0 radical (unpaired) electrons. The molecule has 0 spiro atoms. The predicted octanol–water partition coefficient (Wildman–Crippen LogP) is 3.29. The van der Waals surface area contributed by atoms with Crippen LogP contribution >= 0.6 is 0 Å². The van der Waals surface area contributed by atoms with Crippen molar-refractivity contribution in [1.29, 1.82) is 0 Å². The Morgan fingerprint density at radius 2 is 1.82 bits per heavy atom. The number of anilines is 1. The molecule has 1 amide bonds. The minimum atomic E-state index is -0.313. The summed E-state index contributed by atoms with van der Waals surface area (Å²) in [6.07, 6.45) is 0. The molecule has 28 heavy (non-hydrogen) atoms. The van der Waals surface area contributed by atoms with E-state index in [1.807, 2.05) is 13.0 Å². The van der Waals surface area contributed by atoms with Crippen molar-refractivity contribution in [2.75, 3.05) is 38.6 Å². The number of carbonyl (C=O) groups excluding carboxylic acids is 1. The smallest absolute Gasteiger partial charge is 0.241 e. The Balaban J connectivity index is 1.52. The lowest BCUT2D eigenvalue weighted by atomic mass is 10.1. The highest BCUT2D eigenvalue weighted by molar-refractivity contribution is 5.94. The van der Waals surface area contributed by atoms with Crippen molar-refractivity contribution in [3.63, 3.8) is 0 Å². The molecular weight excluding hydrogens is 357 g/mol. The summed E-state index contributed by atoms with van der Waals surface area (Å²) < 4.78 is 18.5. The van der Waals surface area contributed by atoms with E-state index >= 15 is 0 Å². The Bertz CT molecular complexity index is 802. The minimum absolute atomic E-state index is 0.0691. The molecule has 5 nitrogen and oxygen atoms in total. The zero-order valence-electron chi connectivity index (χ0n) is 16.7. The van der Waals surface area contributed by atoms with E-state index in [4.69, 9.17) is 4.74 Å². The molecule has 0 bridgehead atoms. The lowest BCUT2D eigenvalue weighted by molar-refractivity contribution is -0.121. The topological polar surface area (TPSA) is 44.8 Å². The third kappa shape index (κ3) is 5.09. The van der Waals surface area contributed by atoms with E-state index in [-0.39, 0.29) is 17.8 Å². The molecule has 1 aliphatic heterocycles. The van der Waals surface area contributed by atoms with Gasteiger partial charge in [-0.05, 0) is 44.2 Å². The number of carbonyl (C=O) groups is 1. The van der Waals surface area contributed by atoms with Gasteiger partial charge in [0.05, 0.1) is 13.2 Å². The van der Waals surface area contributed by atoms with E-state index < -0.39 is 0 Å². The van der Waals surface area contributed by atoms with Crippen molar-refractivity contribution in [3.05, 3.63) is 59.4 Å². The zero-order chi connectivity index (χ0) is 20.1. The Hall–Kier alpha value is -2.44. The number of benzene rings is 2. The number of hydrogen-bond donors (Lipinski definition) is 1. The molecule has 2 aromatic carbocycles. The molecule has 1 N–H and O–H groups in total. The summed E-state index contributed by atoms with van der Waals surface area (Å²) in [5.74, 6) is 0.535. The number of ether oxygens (including phenoxy) is 1. The van der Waals surface area contributed by atoms with Crippen molar-refractivity contribution < 1.29 is 13.9 Å². The van der Waals surface area contributed by atoms with E-state index in [9.17, 15) is 9.18 Å². The van der Waals surface area contributed by atoms with E-state index in [0.29, 0.717) is 5.69 Å². The van der Waals surface area contributed by atoms with Gasteiger partial charge in [-0.3, -0.25) is 14.6 Å². The minimum Gasteiger partial charge on any atom is -0.496 e. The van der Waals surface area contributed by atoms with Gasteiger partial charge in [-0.25, -0.2) is 4.39 Å². The number of rotatable bonds is 6. The van der Waals surface area contributed by atoms with Crippen molar-refractivity contribution in [1.82, 2.24) is 9.80 Å². The molecule has 2 aromatic rings. The molecule has 1 saturated heterocycles. The molecule has 1 heterocycles. The highest BCUT2D eigenvalue weighted by Gasteiger charge is 2.26. The van der Waals surface area contributed by atoms with Gasteiger partial charge in [-0.2, -0.15) is 0 Å². The molecule has 0 aliphatic carbocycles. The Morgan fingerprint density at radius 3 is 2.46 bits per heavy atom. The summed E-state index contributed by atoms with van der Waals surface area (Å²) in [6, 6.07) is 11.9. The van der Waals surface area contributed by atoms with Gasteiger partial charge in [0.15, 0.2) is 0 Å². The summed E-state index contributed by atoms with van der Waals surface area (Å²) in [5, 5.41) is 2.86. The lowest BCUT2D eigenvalue weighted by Crippen LogP contribution is -2.52. The van der Waals surface area contributed by atoms with Crippen LogP contribution in [0.1, 0.15) is 18.1 Å². The van der Waals surface area contributed by atoms with Crippen molar-refractivity contribution in [2.24, 2.45) is 0 Å². The van der Waals surface area contributed by atoms with Crippen LogP contribution in [0.15, 0.2) is 42.5 Å². The van der Waals surface area contributed by atoms with Gasteiger partial charge < -0.3 is 10.1 Å². The summed E-state index contributed by atoms with van der Waals surface area (Å²) in [7, 11) is 1.70. The number of piperazine rings is 1. The van der Waals surface area contributed by atoms with Crippen LogP contribution in [0.5, 0.6) is 5.75 Å². The second kappa shape index (κ2) is 9.17. The lowest BCUT2D eigenvalue weighted by Gasteiger charge is -2.37. The quantitative estimate of drug-likeness (QED) is 0.829. The first kappa shape index (κ1) is 20.3. The molecule has 6 heteroatoms. The SMILES string of the molecule is COc1ccc(C)cc1CN1CCN([C@H](C)C(=O)Nc2ccc(F)cc2)CC1. The van der Waals surface area contributed by atoms with E-state index in [1.165, 1.54) is 23.3 Å². The monoisotopic (exact) mass is 385 g/mol. The molecular formula is C22H28FN3O2. The average Bonchev–Trinajstić information content (AvgIpc) is 2.70. The first-order valence-corrected chi connectivity index (χ1v) is 9.62. The second-order valence-corrected chi connectivity index (χ2v) is 7.30. The van der Waals surface area contributed by atoms with Gasteiger partial charge in [0, 0.05) is 44.0 Å². The molecule has 150 valence electrons. The van der Waals surface area contributed by atoms with Crippen molar-refractivity contribution >= 4 is 11.6 Å². The van der Waals surface area contributed by atoms with Gasteiger partial charge >= 0.3 is 0 Å². The number of nitrogens with zero attached hydrogens (tertiary/aromatic N) is 2. The van der Waals surface area contributed by atoms with Crippen LogP contribution in [-0.4, -0.2) is 55.0 Å². The van der Waals surface area contributed by atoms with Crippen LogP contribution < -0.4 is 10.1 Å². The van der Waals surface area contributed by atoms with Gasteiger partial charge in [-0.1, -0.05) is 17.7 Å². The van der Waals surface area contributed by atoms with Crippen LogP contribution in [-0.2, 0) is 11.3 Å². The second-order valence-electron chi connectivity index (χ2n) is 7.30. The summed E-state index contributed by atoms with van der Waals surface area (Å²) in [4.78, 5) is 17.1. The summed E-state index contributed by atoms with van der Waals surface area (Å²) in [6.45, 7) is 8.28. The standard InChI is InChI=1S/C22H28FN3O2/c1-16-4-9-21(28-3)18(14-16)15-25-10-12-26(13-11-25)17(2)22(27)24-20-7-5-19(23)6-8-20/h4-9,14,17H,10-13,15H2,1-3H3,(H,24,27)/t17-/m1/s1. The van der Waals surface area contributed by atoms with Gasteiger partial charge in [-0.15, -0.1) is 0 Å². The molecule has 0 aromatic heterocycles. The maximum absolute atomic E-state index is 13.0. The molecule has 0 unspecified atom stereocenters. The van der Waals surface area contributed by atoms with E-state index in [2.05, 4.69) is 34.2 Å². The van der Waals surface area contributed by atoms with Crippen LogP contribution in [0.3, 0.4) is 0 Å². The zero-order valence-corrected chi connectivity index (χ0v) is 16.7. The number of hydrogen-bond acceptors (Lipinski definition) is 4. The third-order valence-corrected chi connectivity index (χ3v) is 5.28. The fourth-order valence-corrected chi connectivity index (χ4v) is 3.53. The number of methoxy groups -OCH3 is 1. The largest absolute Gasteiger partial charge is 0.496 e. The van der Waals surface area contributed by atoms with Gasteiger partial charge in [0.25, 0.3) is 0 Å². The van der Waals surface area contributed by atoms with Crippen molar-refractivity contribution in [3.8, 4) is 5.75 Å². The predicted molar refractivity (Wildman–Crippen MR) is 109 cm³/mol. The van der Waals surface area contributed by atoms with Crippen LogP contribution in [0.25, 0.3) is 0 Å². The number of halogens is 1. The number of nitrogens with one attached hydrogen (secondary N) is 1. The number of amides is 1. The van der Waals surface area contributed by atoms with Gasteiger partial charge in [0.2, 0.25) is 5.91 Å². The highest BCUT2D eigenvalue weighted by Crippen LogP contribution is 2.22. The Labute approximate surface area is 166 Å². The summed E-state index contributed by atoms with van der Waals surface area (Å²) >= 11 is 0. The van der Waals surface area contributed by atoms with Gasteiger partial charge in [0.1, 0.15) is 11.6 Å². The maximum atomic E-state index is 13.0. The maximum Gasteiger partial charge on any atom is 0.241 e. The van der Waals surface area contributed by atoms with Crippen LogP contribution in [0, 0.1) is 12.7 Å². The third-order valence-electron chi connectivity index (χ3n) is 5.28. The molecule has 0 saturated carbocycles. The first-order valence-electron chi connectivity index (χ1n) is 9.62. The van der Waals surface area contributed by atoms with Crippen molar-refractivity contribution in [2.45, 2.75) is 26.4 Å². The van der Waals surface area contributed by atoms with Crippen LogP contribution in [0.4, 0.5) is 10.1 Å². The molecule has 3 rings (SSSR count). The Kier molecular flexibility index (Phi) is 6.65. The van der Waals surface area contributed by atoms with E-state index in [1.54, 1.807) is 19.2 Å². The van der Waals surface area contributed by atoms with E-state index in [0.717, 1.165) is 38.5 Å².